The van der Waals surface area contributed by atoms with Crippen molar-refractivity contribution in [3.63, 3.8) is 0 Å². The molecule has 0 aromatic carbocycles. The molecule has 1 aliphatic rings. The summed E-state index contributed by atoms with van der Waals surface area (Å²) >= 11 is 0. The van der Waals surface area contributed by atoms with E-state index in [9.17, 15) is 0 Å². The number of pyridine rings is 1. The van der Waals surface area contributed by atoms with Gasteiger partial charge in [-0.3, -0.25) is 4.98 Å². The minimum Gasteiger partial charge on any atom is -0.381 e. The summed E-state index contributed by atoms with van der Waals surface area (Å²) in [4.78, 5) is 4.50. The van der Waals surface area contributed by atoms with Crippen LogP contribution in [0, 0.1) is 19.8 Å². The van der Waals surface area contributed by atoms with Gasteiger partial charge in [0.05, 0.1) is 11.4 Å². The summed E-state index contributed by atoms with van der Waals surface area (Å²) in [6.07, 6.45) is 5.12. The van der Waals surface area contributed by atoms with E-state index in [0.29, 0.717) is 12.0 Å². The SMILES string of the molecule is Cc1ccc(NC2CCCCC2CN)c(C)n1. The molecule has 2 rings (SSSR count). The highest BCUT2D eigenvalue weighted by Gasteiger charge is 2.24. The molecule has 94 valence electrons. The van der Waals surface area contributed by atoms with E-state index in [-0.39, 0.29) is 0 Å². The lowest BCUT2D eigenvalue weighted by atomic mass is 9.84. The van der Waals surface area contributed by atoms with Crippen LogP contribution in [0.3, 0.4) is 0 Å². The summed E-state index contributed by atoms with van der Waals surface area (Å²) < 4.78 is 0. The number of anilines is 1. The maximum absolute atomic E-state index is 5.85. The quantitative estimate of drug-likeness (QED) is 0.844. The predicted octanol–water partition coefficient (Wildman–Crippen LogP) is 2.63. The van der Waals surface area contributed by atoms with Gasteiger partial charge in [0.2, 0.25) is 0 Å². The Bertz CT molecular complexity index is 376. The summed E-state index contributed by atoms with van der Waals surface area (Å²) in [5.74, 6) is 0.615. The van der Waals surface area contributed by atoms with Crippen molar-refractivity contribution in [3.05, 3.63) is 23.5 Å². The van der Waals surface area contributed by atoms with Gasteiger partial charge in [-0.25, -0.2) is 0 Å². The number of rotatable bonds is 3. The van der Waals surface area contributed by atoms with Crippen molar-refractivity contribution in [1.82, 2.24) is 4.98 Å². The highest BCUT2D eigenvalue weighted by molar-refractivity contribution is 5.48. The molecule has 0 aliphatic heterocycles. The number of aryl methyl sites for hydroxylation is 2. The predicted molar refractivity (Wildman–Crippen MR) is 72.1 cm³/mol. The molecule has 0 amide bonds. The Kier molecular flexibility index (Phi) is 4.00. The Morgan fingerprint density at radius 2 is 2.06 bits per heavy atom. The van der Waals surface area contributed by atoms with Gasteiger partial charge in [-0.15, -0.1) is 0 Å². The van der Waals surface area contributed by atoms with Crippen LogP contribution in [-0.4, -0.2) is 17.6 Å². The zero-order valence-corrected chi connectivity index (χ0v) is 10.9. The Morgan fingerprint density at radius 1 is 1.29 bits per heavy atom. The van der Waals surface area contributed by atoms with Gasteiger partial charge in [0.15, 0.2) is 0 Å². The van der Waals surface area contributed by atoms with Gasteiger partial charge in [-0.05, 0) is 51.3 Å². The van der Waals surface area contributed by atoms with E-state index in [1.807, 2.05) is 6.92 Å². The highest BCUT2D eigenvalue weighted by Crippen LogP contribution is 2.27. The maximum Gasteiger partial charge on any atom is 0.0606 e. The molecule has 1 fully saturated rings. The van der Waals surface area contributed by atoms with Crippen molar-refractivity contribution < 1.29 is 0 Å². The van der Waals surface area contributed by atoms with E-state index < -0.39 is 0 Å². The summed E-state index contributed by atoms with van der Waals surface area (Å²) in [5, 5.41) is 3.63. The summed E-state index contributed by atoms with van der Waals surface area (Å²) in [7, 11) is 0. The van der Waals surface area contributed by atoms with E-state index in [2.05, 4.69) is 29.4 Å². The van der Waals surface area contributed by atoms with Gasteiger partial charge in [0.1, 0.15) is 0 Å². The lowest BCUT2D eigenvalue weighted by Gasteiger charge is -2.32. The fourth-order valence-electron chi connectivity index (χ4n) is 2.72. The smallest absolute Gasteiger partial charge is 0.0606 e. The molecule has 1 saturated carbocycles. The number of nitrogens with two attached hydrogens (primary N) is 1. The Balaban J connectivity index is 2.08. The van der Waals surface area contributed by atoms with Crippen molar-refractivity contribution in [2.75, 3.05) is 11.9 Å². The van der Waals surface area contributed by atoms with Gasteiger partial charge >= 0.3 is 0 Å². The average Bonchev–Trinajstić information content (AvgIpc) is 2.33. The van der Waals surface area contributed by atoms with E-state index in [1.54, 1.807) is 0 Å². The fraction of sp³-hybridized carbons (Fsp3) is 0.643. The van der Waals surface area contributed by atoms with Crippen molar-refractivity contribution in [2.24, 2.45) is 11.7 Å². The normalized spacial score (nSPS) is 24.6. The summed E-state index contributed by atoms with van der Waals surface area (Å²) in [6.45, 7) is 4.88. The van der Waals surface area contributed by atoms with Crippen LogP contribution in [0.2, 0.25) is 0 Å². The lowest BCUT2D eigenvalue weighted by molar-refractivity contribution is 0.332. The van der Waals surface area contributed by atoms with Crippen LogP contribution in [0.1, 0.15) is 37.1 Å². The van der Waals surface area contributed by atoms with Crippen LogP contribution in [0.15, 0.2) is 12.1 Å². The first-order valence-corrected chi connectivity index (χ1v) is 6.61. The Morgan fingerprint density at radius 3 is 2.76 bits per heavy atom. The molecule has 1 aliphatic carbocycles. The first kappa shape index (κ1) is 12.4. The molecule has 1 aromatic heterocycles. The monoisotopic (exact) mass is 233 g/mol. The maximum atomic E-state index is 5.85. The van der Waals surface area contributed by atoms with Crippen molar-refractivity contribution in [1.29, 1.82) is 0 Å². The first-order valence-electron chi connectivity index (χ1n) is 6.61. The second-order valence-corrected chi connectivity index (χ2v) is 5.12. The molecule has 1 aromatic rings. The van der Waals surface area contributed by atoms with Crippen molar-refractivity contribution in [3.8, 4) is 0 Å². The molecule has 0 bridgehead atoms. The number of hydrogen-bond acceptors (Lipinski definition) is 3. The van der Waals surface area contributed by atoms with Crippen LogP contribution < -0.4 is 11.1 Å². The third kappa shape index (κ3) is 2.97. The van der Waals surface area contributed by atoms with Gasteiger partial charge in [-0.2, -0.15) is 0 Å². The van der Waals surface area contributed by atoms with Crippen LogP contribution in [0.4, 0.5) is 5.69 Å². The van der Waals surface area contributed by atoms with Crippen LogP contribution in [-0.2, 0) is 0 Å². The number of hydrogen-bond donors (Lipinski definition) is 2. The molecule has 0 radical (unpaired) electrons. The van der Waals surface area contributed by atoms with E-state index in [0.717, 1.165) is 17.9 Å². The van der Waals surface area contributed by atoms with E-state index in [4.69, 9.17) is 5.73 Å². The van der Waals surface area contributed by atoms with Crippen molar-refractivity contribution >= 4 is 5.69 Å². The molecule has 2 unspecified atom stereocenters. The number of nitrogens with one attached hydrogen (secondary N) is 1. The molecule has 3 heteroatoms. The second-order valence-electron chi connectivity index (χ2n) is 5.12. The van der Waals surface area contributed by atoms with Crippen LogP contribution in [0.25, 0.3) is 0 Å². The lowest BCUT2D eigenvalue weighted by Crippen LogP contribution is -2.36. The molecular formula is C14H23N3. The molecule has 3 nitrogen and oxygen atoms in total. The van der Waals surface area contributed by atoms with Crippen molar-refractivity contribution in [2.45, 2.75) is 45.6 Å². The topological polar surface area (TPSA) is 50.9 Å². The van der Waals surface area contributed by atoms with Gasteiger partial charge in [0, 0.05) is 11.7 Å². The first-order chi connectivity index (χ1) is 8.20. The molecule has 0 spiro atoms. The van der Waals surface area contributed by atoms with Gasteiger partial charge in [-0.1, -0.05) is 12.8 Å². The minimum atomic E-state index is 0.525. The Labute approximate surface area is 104 Å². The zero-order valence-electron chi connectivity index (χ0n) is 10.9. The molecular weight excluding hydrogens is 210 g/mol. The molecule has 17 heavy (non-hydrogen) atoms. The van der Waals surface area contributed by atoms with E-state index in [1.165, 1.54) is 31.4 Å². The van der Waals surface area contributed by atoms with Gasteiger partial charge < -0.3 is 11.1 Å². The molecule has 1 heterocycles. The van der Waals surface area contributed by atoms with E-state index >= 15 is 0 Å². The minimum absolute atomic E-state index is 0.525. The third-order valence-corrected chi connectivity index (χ3v) is 3.78. The standard InChI is InChI=1S/C14H23N3/c1-10-7-8-13(11(2)16-10)17-14-6-4-3-5-12(14)9-15/h7-8,12,14,17H,3-6,9,15H2,1-2H3. The molecule has 3 N–H and O–H groups in total. The largest absolute Gasteiger partial charge is 0.381 e. The highest BCUT2D eigenvalue weighted by atomic mass is 15.0. The molecule has 0 saturated heterocycles. The zero-order chi connectivity index (χ0) is 12.3. The molecule has 2 atom stereocenters. The van der Waals surface area contributed by atoms with Crippen LogP contribution >= 0.6 is 0 Å². The summed E-state index contributed by atoms with van der Waals surface area (Å²) in [5.41, 5.74) is 9.19. The van der Waals surface area contributed by atoms with Gasteiger partial charge in [0.25, 0.3) is 0 Å². The average molecular weight is 233 g/mol. The van der Waals surface area contributed by atoms with Crippen LogP contribution in [0.5, 0.6) is 0 Å². The third-order valence-electron chi connectivity index (χ3n) is 3.78. The second kappa shape index (κ2) is 5.50. The summed E-state index contributed by atoms with van der Waals surface area (Å²) in [6, 6.07) is 4.73. The Hall–Kier alpha value is -1.09. The number of nitrogens with zero attached hydrogens (tertiary/aromatic N) is 1. The number of aromatic nitrogens is 1. The fourth-order valence-corrected chi connectivity index (χ4v) is 2.72.